The second-order valence-corrected chi connectivity index (χ2v) is 6.74. The van der Waals surface area contributed by atoms with Gasteiger partial charge in [0.2, 0.25) is 5.89 Å². The smallest absolute Gasteiger partial charge is 0.416 e. The first-order chi connectivity index (χ1) is 13.7. The number of aliphatic hydroxyl groups is 1. The number of nitrogens with zero attached hydrogens (tertiary/aromatic N) is 1. The highest BCUT2D eigenvalue weighted by Crippen LogP contribution is 2.31. The van der Waals surface area contributed by atoms with Gasteiger partial charge in [-0.15, -0.1) is 0 Å². The molecule has 0 atom stereocenters. The van der Waals surface area contributed by atoms with Gasteiger partial charge >= 0.3 is 6.18 Å². The Balaban J connectivity index is 1.70. The van der Waals surface area contributed by atoms with Gasteiger partial charge in [-0.2, -0.15) is 13.2 Å². The maximum absolute atomic E-state index is 12.7. The SMILES string of the molecule is CC(=Cc1cc(C)cc(OCc2coc(-c3ccc(C(F)(F)F)cc3)n2)c1)CO. The summed E-state index contributed by atoms with van der Waals surface area (Å²) in [4.78, 5) is 4.28. The van der Waals surface area contributed by atoms with E-state index in [1.807, 2.05) is 38.1 Å². The Morgan fingerprint density at radius 2 is 1.90 bits per heavy atom. The predicted octanol–water partition coefficient (Wildman–Crippen LogP) is 5.64. The minimum absolute atomic E-state index is 0.0181. The summed E-state index contributed by atoms with van der Waals surface area (Å²) in [6.07, 6.45) is -1.09. The third-order valence-corrected chi connectivity index (χ3v) is 4.13. The van der Waals surface area contributed by atoms with Crippen LogP contribution in [0.5, 0.6) is 5.75 Å². The predicted molar refractivity (Wildman–Crippen MR) is 103 cm³/mol. The fourth-order valence-electron chi connectivity index (χ4n) is 2.74. The van der Waals surface area contributed by atoms with Crippen LogP contribution >= 0.6 is 0 Å². The lowest BCUT2D eigenvalue weighted by molar-refractivity contribution is -0.137. The molecule has 0 fully saturated rings. The highest BCUT2D eigenvalue weighted by Gasteiger charge is 2.30. The summed E-state index contributed by atoms with van der Waals surface area (Å²) in [5.41, 5.74) is 3.00. The summed E-state index contributed by atoms with van der Waals surface area (Å²) in [6, 6.07) is 10.3. The molecule has 0 radical (unpaired) electrons. The number of oxazole rings is 1. The molecule has 1 aromatic heterocycles. The molecular formula is C22H20F3NO3. The zero-order chi connectivity index (χ0) is 21.0. The summed E-state index contributed by atoms with van der Waals surface area (Å²) in [5.74, 6) is 0.866. The molecule has 7 heteroatoms. The van der Waals surface area contributed by atoms with Crippen molar-refractivity contribution in [2.75, 3.05) is 6.61 Å². The van der Waals surface area contributed by atoms with Gasteiger partial charge < -0.3 is 14.3 Å². The van der Waals surface area contributed by atoms with Crippen molar-refractivity contribution in [3.8, 4) is 17.2 Å². The van der Waals surface area contributed by atoms with Crippen molar-refractivity contribution in [2.24, 2.45) is 0 Å². The summed E-state index contributed by atoms with van der Waals surface area (Å²) in [5, 5.41) is 9.16. The monoisotopic (exact) mass is 403 g/mol. The van der Waals surface area contributed by atoms with Crippen molar-refractivity contribution in [3.05, 3.63) is 76.7 Å². The minimum atomic E-state index is -4.38. The standard InChI is InChI=1S/C22H20F3NO3/c1-14-7-16(8-15(2)11-27)10-20(9-14)28-12-19-13-29-21(26-19)17-3-5-18(6-4-17)22(23,24)25/h3-10,13,27H,11-12H2,1-2H3. The maximum Gasteiger partial charge on any atom is 0.416 e. The molecule has 0 unspecified atom stereocenters. The van der Waals surface area contributed by atoms with Gasteiger partial charge in [0.25, 0.3) is 0 Å². The second kappa shape index (κ2) is 8.53. The van der Waals surface area contributed by atoms with E-state index in [0.29, 0.717) is 17.0 Å². The first-order valence-electron chi connectivity index (χ1n) is 8.89. The number of halogens is 3. The molecular weight excluding hydrogens is 383 g/mol. The maximum atomic E-state index is 12.7. The van der Waals surface area contributed by atoms with Crippen LogP contribution in [0.25, 0.3) is 17.5 Å². The van der Waals surface area contributed by atoms with E-state index in [4.69, 9.17) is 14.3 Å². The Morgan fingerprint density at radius 1 is 1.17 bits per heavy atom. The van der Waals surface area contributed by atoms with Gasteiger partial charge in [-0.3, -0.25) is 0 Å². The normalized spacial score (nSPS) is 12.3. The van der Waals surface area contributed by atoms with Gasteiger partial charge in [0.1, 0.15) is 24.3 Å². The Kier molecular flexibility index (Phi) is 6.08. The van der Waals surface area contributed by atoms with Crippen LogP contribution in [0.1, 0.15) is 29.3 Å². The molecule has 3 aromatic rings. The summed E-state index contributed by atoms with van der Waals surface area (Å²) in [7, 11) is 0. The molecule has 0 aliphatic heterocycles. The fourth-order valence-corrected chi connectivity index (χ4v) is 2.74. The number of aryl methyl sites for hydroxylation is 1. The molecule has 1 N–H and O–H groups in total. The summed E-state index contributed by atoms with van der Waals surface area (Å²) in [6.45, 7) is 3.91. The third-order valence-electron chi connectivity index (χ3n) is 4.13. The van der Waals surface area contributed by atoms with Gasteiger partial charge in [0, 0.05) is 5.56 Å². The van der Waals surface area contributed by atoms with Crippen LogP contribution in [0.15, 0.2) is 58.7 Å². The quantitative estimate of drug-likeness (QED) is 0.578. The topological polar surface area (TPSA) is 55.5 Å². The molecule has 152 valence electrons. The van der Waals surface area contributed by atoms with Crippen molar-refractivity contribution >= 4 is 6.08 Å². The van der Waals surface area contributed by atoms with Gasteiger partial charge in [-0.25, -0.2) is 4.98 Å². The molecule has 4 nitrogen and oxygen atoms in total. The van der Waals surface area contributed by atoms with E-state index >= 15 is 0 Å². The highest BCUT2D eigenvalue weighted by atomic mass is 19.4. The molecule has 0 saturated carbocycles. The minimum Gasteiger partial charge on any atom is -0.487 e. The van der Waals surface area contributed by atoms with Crippen LogP contribution in [0.2, 0.25) is 0 Å². The number of rotatable bonds is 6. The molecule has 2 aromatic carbocycles. The number of aliphatic hydroxyl groups excluding tert-OH is 1. The molecule has 0 bridgehead atoms. The average molecular weight is 403 g/mol. The van der Waals surface area contributed by atoms with Crippen LogP contribution in [0.3, 0.4) is 0 Å². The van der Waals surface area contributed by atoms with E-state index in [2.05, 4.69) is 4.98 Å². The van der Waals surface area contributed by atoms with Crippen LogP contribution in [0.4, 0.5) is 13.2 Å². The Hall–Kier alpha value is -3.06. The molecule has 0 spiro atoms. The van der Waals surface area contributed by atoms with Crippen LogP contribution < -0.4 is 4.74 Å². The van der Waals surface area contributed by atoms with E-state index in [-0.39, 0.29) is 19.1 Å². The molecule has 0 aliphatic carbocycles. The van der Waals surface area contributed by atoms with E-state index < -0.39 is 11.7 Å². The zero-order valence-corrected chi connectivity index (χ0v) is 16.0. The van der Waals surface area contributed by atoms with E-state index in [0.717, 1.165) is 28.8 Å². The lowest BCUT2D eigenvalue weighted by Gasteiger charge is -2.07. The molecule has 0 amide bonds. The second-order valence-electron chi connectivity index (χ2n) is 6.74. The molecule has 0 saturated heterocycles. The molecule has 3 rings (SSSR count). The van der Waals surface area contributed by atoms with Gasteiger partial charge in [-0.05, 0) is 66.9 Å². The van der Waals surface area contributed by atoms with Crippen molar-refractivity contribution in [2.45, 2.75) is 26.6 Å². The average Bonchev–Trinajstić information content (AvgIpc) is 3.14. The number of ether oxygens (including phenoxy) is 1. The van der Waals surface area contributed by atoms with Crippen LogP contribution in [0, 0.1) is 6.92 Å². The van der Waals surface area contributed by atoms with E-state index in [1.54, 1.807) is 0 Å². The van der Waals surface area contributed by atoms with E-state index in [1.165, 1.54) is 18.4 Å². The number of aromatic nitrogens is 1. The van der Waals surface area contributed by atoms with Gasteiger partial charge in [0.15, 0.2) is 0 Å². The molecule has 0 aliphatic rings. The lowest BCUT2D eigenvalue weighted by Crippen LogP contribution is -2.04. The summed E-state index contributed by atoms with van der Waals surface area (Å²) >= 11 is 0. The Labute approximate surface area is 166 Å². The van der Waals surface area contributed by atoms with Gasteiger partial charge in [-0.1, -0.05) is 12.1 Å². The van der Waals surface area contributed by atoms with Crippen LogP contribution in [-0.2, 0) is 12.8 Å². The van der Waals surface area contributed by atoms with Crippen molar-refractivity contribution in [1.29, 1.82) is 0 Å². The van der Waals surface area contributed by atoms with E-state index in [9.17, 15) is 13.2 Å². The van der Waals surface area contributed by atoms with Crippen LogP contribution in [-0.4, -0.2) is 16.7 Å². The largest absolute Gasteiger partial charge is 0.487 e. The lowest BCUT2D eigenvalue weighted by atomic mass is 10.1. The number of hydrogen-bond donors (Lipinski definition) is 1. The number of alkyl halides is 3. The number of benzene rings is 2. The molecule has 29 heavy (non-hydrogen) atoms. The Bertz CT molecular complexity index is 1000. The summed E-state index contributed by atoms with van der Waals surface area (Å²) < 4.78 is 49.1. The first-order valence-corrected chi connectivity index (χ1v) is 8.89. The number of hydrogen-bond acceptors (Lipinski definition) is 4. The van der Waals surface area contributed by atoms with Crippen molar-refractivity contribution in [3.63, 3.8) is 0 Å². The van der Waals surface area contributed by atoms with Gasteiger partial charge in [0.05, 0.1) is 12.2 Å². The zero-order valence-electron chi connectivity index (χ0n) is 16.0. The first kappa shape index (κ1) is 20.7. The Morgan fingerprint density at radius 3 is 2.55 bits per heavy atom. The highest BCUT2D eigenvalue weighted by molar-refractivity contribution is 5.56. The third kappa shape index (κ3) is 5.48. The van der Waals surface area contributed by atoms with Crippen molar-refractivity contribution in [1.82, 2.24) is 4.98 Å². The van der Waals surface area contributed by atoms with Crippen molar-refractivity contribution < 1.29 is 27.4 Å². The fraction of sp³-hybridized carbons (Fsp3) is 0.227. The molecule has 1 heterocycles.